The van der Waals surface area contributed by atoms with Crippen molar-refractivity contribution in [1.29, 1.82) is 0 Å². The summed E-state index contributed by atoms with van der Waals surface area (Å²) in [6.45, 7) is 4.75. The van der Waals surface area contributed by atoms with Gasteiger partial charge >= 0.3 is 6.03 Å². The fraction of sp³-hybridized carbons (Fsp3) is 0.650. The molecule has 1 aliphatic rings. The zero-order valence-electron chi connectivity index (χ0n) is 15.9. The van der Waals surface area contributed by atoms with Crippen LogP contribution in [-0.4, -0.2) is 66.8 Å². The van der Waals surface area contributed by atoms with Crippen molar-refractivity contribution < 1.29 is 9.90 Å². The lowest BCUT2D eigenvalue weighted by Crippen LogP contribution is -2.53. The van der Waals surface area contributed by atoms with Gasteiger partial charge in [-0.25, -0.2) is 4.79 Å². The van der Waals surface area contributed by atoms with Crippen LogP contribution < -0.4 is 5.32 Å². The SMILES string of the molecule is CC[C@H](CNC(=O)N1CCC(O)(CN(C)C)CC1)Cc1ccccc1. The maximum absolute atomic E-state index is 12.4. The standard InChI is InChI=1S/C20H33N3O2/c1-4-17(14-18-8-6-5-7-9-18)15-21-19(24)23-12-10-20(25,11-13-23)16-22(2)3/h5-9,17,25H,4,10-16H2,1-3H3,(H,21,24)/t17-/m0/s1. The van der Waals surface area contributed by atoms with Gasteiger partial charge in [0, 0.05) is 26.2 Å². The molecule has 1 aromatic carbocycles. The Morgan fingerprint density at radius 3 is 2.48 bits per heavy atom. The summed E-state index contributed by atoms with van der Waals surface area (Å²) in [5.74, 6) is 0.446. The van der Waals surface area contributed by atoms with Crippen molar-refractivity contribution in [3.05, 3.63) is 35.9 Å². The summed E-state index contributed by atoms with van der Waals surface area (Å²) < 4.78 is 0. The molecule has 0 unspecified atom stereocenters. The summed E-state index contributed by atoms with van der Waals surface area (Å²) in [6, 6.07) is 10.4. The number of likely N-dealkylation sites (tertiary alicyclic amines) is 1. The van der Waals surface area contributed by atoms with Crippen molar-refractivity contribution in [1.82, 2.24) is 15.1 Å². The number of hydrogen-bond acceptors (Lipinski definition) is 3. The normalized spacial score (nSPS) is 18.2. The van der Waals surface area contributed by atoms with Gasteiger partial charge in [0.15, 0.2) is 0 Å². The van der Waals surface area contributed by atoms with Crippen molar-refractivity contribution in [2.75, 3.05) is 40.3 Å². The van der Waals surface area contributed by atoms with E-state index in [1.807, 2.05) is 30.0 Å². The Bertz CT molecular complexity index is 525. The van der Waals surface area contributed by atoms with Gasteiger partial charge in [0.2, 0.25) is 0 Å². The lowest BCUT2D eigenvalue weighted by Gasteiger charge is -2.39. The number of benzene rings is 1. The number of carbonyl (C=O) groups is 1. The van der Waals surface area contributed by atoms with Gasteiger partial charge in [0.05, 0.1) is 5.60 Å². The number of carbonyl (C=O) groups excluding carboxylic acids is 1. The molecule has 1 aliphatic heterocycles. The first kappa shape index (κ1) is 19.7. The van der Waals surface area contributed by atoms with E-state index in [9.17, 15) is 9.90 Å². The van der Waals surface area contributed by atoms with Crippen LogP contribution in [0.1, 0.15) is 31.7 Å². The Morgan fingerprint density at radius 2 is 1.92 bits per heavy atom. The number of rotatable bonds is 7. The summed E-state index contributed by atoms with van der Waals surface area (Å²) in [5, 5.41) is 13.6. The molecule has 5 nitrogen and oxygen atoms in total. The van der Waals surface area contributed by atoms with Crippen molar-refractivity contribution in [3.8, 4) is 0 Å². The molecule has 1 atom stereocenters. The summed E-state index contributed by atoms with van der Waals surface area (Å²) in [6.07, 6.45) is 3.30. The molecule has 2 amide bonds. The van der Waals surface area contributed by atoms with E-state index >= 15 is 0 Å². The van der Waals surface area contributed by atoms with E-state index in [0.717, 1.165) is 12.8 Å². The van der Waals surface area contributed by atoms with Crippen LogP contribution in [0.2, 0.25) is 0 Å². The molecular weight excluding hydrogens is 314 g/mol. The smallest absolute Gasteiger partial charge is 0.317 e. The highest BCUT2D eigenvalue weighted by atomic mass is 16.3. The van der Waals surface area contributed by atoms with E-state index in [2.05, 4.69) is 36.5 Å². The van der Waals surface area contributed by atoms with Gasteiger partial charge in [-0.3, -0.25) is 0 Å². The first-order valence-electron chi connectivity index (χ1n) is 9.35. The highest BCUT2D eigenvalue weighted by molar-refractivity contribution is 5.74. The zero-order chi connectivity index (χ0) is 18.3. The minimum absolute atomic E-state index is 0.00147. The summed E-state index contributed by atoms with van der Waals surface area (Å²) in [7, 11) is 3.93. The van der Waals surface area contributed by atoms with E-state index in [-0.39, 0.29) is 6.03 Å². The largest absolute Gasteiger partial charge is 0.388 e. The van der Waals surface area contributed by atoms with Gasteiger partial charge < -0.3 is 20.2 Å². The second-order valence-electron chi connectivity index (χ2n) is 7.60. The van der Waals surface area contributed by atoms with Crippen LogP contribution in [0, 0.1) is 5.92 Å². The molecule has 2 N–H and O–H groups in total. The van der Waals surface area contributed by atoms with E-state index in [1.54, 1.807) is 0 Å². The fourth-order valence-corrected chi connectivity index (χ4v) is 3.52. The number of aliphatic hydroxyl groups is 1. The minimum atomic E-state index is -0.667. The third kappa shape index (κ3) is 6.33. The van der Waals surface area contributed by atoms with Gasteiger partial charge in [-0.1, -0.05) is 43.7 Å². The molecule has 25 heavy (non-hydrogen) atoms. The van der Waals surface area contributed by atoms with E-state index in [4.69, 9.17) is 0 Å². The van der Waals surface area contributed by atoms with E-state index < -0.39 is 5.60 Å². The van der Waals surface area contributed by atoms with Crippen molar-refractivity contribution >= 4 is 6.03 Å². The summed E-state index contributed by atoms with van der Waals surface area (Å²) in [4.78, 5) is 16.3. The first-order chi connectivity index (χ1) is 11.9. The van der Waals surface area contributed by atoms with Gasteiger partial charge in [-0.2, -0.15) is 0 Å². The zero-order valence-corrected chi connectivity index (χ0v) is 15.9. The number of hydrogen-bond donors (Lipinski definition) is 2. The number of piperidine rings is 1. The molecule has 2 rings (SSSR count). The molecule has 1 heterocycles. The van der Waals surface area contributed by atoms with E-state index in [0.29, 0.717) is 44.9 Å². The highest BCUT2D eigenvalue weighted by Crippen LogP contribution is 2.23. The average molecular weight is 348 g/mol. The number of nitrogens with zero attached hydrogens (tertiary/aromatic N) is 2. The molecule has 1 saturated heterocycles. The second-order valence-corrected chi connectivity index (χ2v) is 7.60. The van der Waals surface area contributed by atoms with Crippen molar-refractivity contribution in [2.45, 2.75) is 38.2 Å². The van der Waals surface area contributed by atoms with Crippen LogP contribution in [0.4, 0.5) is 4.79 Å². The topological polar surface area (TPSA) is 55.8 Å². The quantitative estimate of drug-likeness (QED) is 0.796. The molecule has 1 fully saturated rings. The van der Waals surface area contributed by atoms with Crippen LogP contribution in [0.25, 0.3) is 0 Å². The minimum Gasteiger partial charge on any atom is -0.388 e. The Kier molecular flexibility index (Phi) is 7.26. The van der Waals surface area contributed by atoms with Crippen LogP contribution >= 0.6 is 0 Å². The molecule has 0 aromatic heterocycles. The van der Waals surface area contributed by atoms with Crippen LogP contribution in [0.3, 0.4) is 0 Å². The third-order valence-corrected chi connectivity index (χ3v) is 5.08. The first-order valence-corrected chi connectivity index (χ1v) is 9.35. The maximum atomic E-state index is 12.4. The molecule has 0 saturated carbocycles. The molecule has 0 spiro atoms. The predicted molar refractivity (Wildman–Crippen MR) is 102 cm³/mol. The maximum Gasteiger partial charge on any atom is 0.317 e. The summed E-state index contributed by atoms with van der Waals surface area (Å²) >= 11 is 0. The van der Waals surface area contributed by atoms with Gasteiger partial charge in [0.1, 0.15) is 0 Å². The highest BCUT2D eigenvalue weighted by Gasteiger charge is 2.34. The fourth-order valence-electron chi connectivity index (χ4n) is 3.52. The lowest BCUT2D eigenvalue weighted by atomic mass is 9.91. The average Bonchev–Trinajstić information content (AvgIpc) is 2.58. The molecular formula is C20H33N3O2. The van der Waals surface area contributed by atoms with Crippen LogP contribution in [0.5, 0.6) is 0 Å². The number of amides is 2. The van der Waals surface area contributed by atoms with Crippen LogP contribution in [-0.2, 0) is 6.42 Å². The Balaban J connectivity index is 1.76. The number of likely N-dealkylation sites (N-methyl/N-ethyl adjacent to an activating group) is 1. The van der Waals surface area contributed by atoms with Gasteiger partial charge in [-0.05, 0) is 44.8 Å². The second kappa shape index (κ2) is 9.20. The van der Waals surface area contributed by atoms with Crippen molar-refractivity contribution in [3.63, 3.8) is 0 Å². The molecule has 5 heteroatoms. The molecule has 0 bridgehead atoms. The monoisotopic (exact) mass is 347 g/mol. The Labute approximate surface area is 152 Å². The van der Waals surface area contributed by atoms with Gasteiger partial charge in [0.25, 0.3) is 0 Å². The summed E-state index contributed by atoms with van der Waals surface area (Å²) in [5.41, 5.74) is 0.648. The number of nitrogens with one attached hydrogen (secondary N) is 1. The van der Waals surface area contributed by atoms with E-state index in [1.165, 1.54) is 5.56 Å². The Morgan fingerprint density at radius 1 is 1.28 bits per heavy atom. The molecule has 1 aromatic rings. The Hall–Kier alpha value is -1.59. The third-order valence-electron chi connectivity index (χ3n) is 5.08. The van der Waals surface area contributed by atoms with Crippen LogP contribution in [0.15, 0.2) is 30.3 Å². The molecule has 0 aliphatic carbocycles. The number of urea groups is 1. The van der Waals surface area contributed by atoms with Gasteiger partial charge in [-0.15, -0.1) is 0 Å². The molecule has 0 radical (unpaired) electrons. The molecule has 140 valence electrons. The van der Waals surface area contributed by atoms with Crippen molar-refractivity contribution in [2.24, 2.45) is 5.92 Å². The lowest BCUT2D eigenvalue weighted by molar-refractivity contribution is -0.0293. The predicted octanol–water partition coefficient (Wildman–Crippen LogP) is 2.35.